The van der Waals surface area contributed by atoms with Crippen LogP contribution in [0, 0.1) is 10.1 Å². The van der Waals surface area contributed by atoms with Crippen LogP contribution in [0.15, 0.2) is 18.2 Å². The van der Waals surface area contributed by atoms with Crippen LogP contribution < -0.4 is 15.0 Å². The summed E-state index contributed by atoms with van der Waals surface area (Å²) in [5.41, 5.74) is 0.963. The van der Waals surface area contributed by atoms with Crippen LogP contribution in [0.2, 0.25) is 0 Å². The Balaban J connectivity index is 2.32. The molecule has 2 atom stereocenters. The molecule has 0 bridgehead atoms. The first-order chi connectivity index (χ1) is 9.02. The van der Waals surface area contributed by atoms with Gasteiger partial charge in [-0.2, -0.15) is 0 Å². The highest BCUT2D eigenvalue weighted by molar-refractivity contribution is 5.60. The van der Waals surface area contributed by atoms with Crippen molar-refractivity contribution in [2.24, 2.45) is 0 Å². The zero-order chi connectivity index (χ0) is 14.0. The topological polar surface area (TPSA) is 67.6 Å². The molecule has 0 saturated carbocycles. The Morgan fingerprint density at radius 2 is 2.21 bits per heavy atom. The molecule has 6 nitrogen and oxygen atoms in total. The average Bonchev–Trinajstić information content (AvgIpc) is 2.40. The molecule has 1 N–H and O–H groups in total. The summed E-state index contributed by atoms with van der Waals surface area (Å²) in [5.74, 6) is 0.306. The summed E-state index contributed by atoms with van der Waals surface area (Å²) in [6, 6.07) is 5.79. The van der Waals surface area contributed by atoms with Gasteiger partial charge < -0.3 is 15.0 Å². The number of benzene rings is 1. The van der Waals surface area contributed by atoms with E-state index in [4.69, 9.17) is 4.74 Å². The third-order valence-corrected chi connectivity index (χ3v) is 3.46. The van der Waals surface area contributed by atoms with Crippen LogP contribution in [0.3, 0.4) is 0 Å². The van der Waals surface area contributed by atoms with Crippen molar-refractivity contribution in [1.29, 1.82) is 0 Å². The second kappa shape index (κ2) is 5.44. The lowest BCUT2D eigenvalue weighted by molar-refractivity contribution is -0.385. The van der Waals surface area contributed by atoms with Crippen molar-refractivity contribution in [3.8, 4) is 5.75 Å². The number of anilines is 1. The van der Waals surface area contributed by atoms with Crippen LogP contribution in [0.5, 0.6) is 5.75 Å². The maximum absolute atomic E-state index is 10.9. The maximum Gasteiger partial charge on any atom is 0.311 e. The van der Waals surface area contributed by atoms with Gasteiger partial charge in [-0.3, -0.25) is 10.1 Å². The number of nitro benzene ring substituents is 1. The van der Waals surface area contributed by atoms with Gasteiger partial charge in [0, 0.05) is 43.0 Å². The van der Waals surface area contributed by atoms with Crippen LogP contribution in [0.4, 0.5) is 11.4 Å². The largest absolute Gasteiger partial charge is 0.490 e. The Labute approximate surface area is 112 Å². The number of piperazine rings is 1. The number of ether oxygens (including phenoxy) is 1. The molecular formula is C13H19N3O3. The Morgan fingerprint density at radius 3 is 2.84 bits per heavy atom. The molecule has 0 radical (unpaired) electrons. The lowest BCUT2D eigenvalue weighted by atomic mass is 10.1. The molecule has 1 aromatic carbocycles. The SMILES string of the molecule is COc1cc(N2C[C@H](C)NC[C@H]2C)ccc1[N+](=O)[O-]. The standard InChI is InChI=1S/C13H19N3O3/c1-9-8-15(10(2)7-14-9)11-4-5-12(16(17)18)13(6-11)19-3/h4-6,9-10,14H,7-8H2,1-3H3/t9-,10+/m0/s1. The summed E-state index contributed by atoms with van der Waals surface area (Å²) >= 11 is 0. The predicted molar refractivity (Wildman–Crippen MR) is 73.9 cm³/mol. The number of hydrogen-bond donors (Lipinski definition) is 1. The molecule has 0 unspecified atom stereocenters. The Bertz CT molecular complexity index is 478. The molecule has 1 aliphatic heterocycles. The molecule has 2 rings (SSSR count). The van der Waals surface area contributed by atoms with Crippen molar-refractivity contribution in [2.75, 3.05) is 25.1 Å². The van der Waals surface area contributed by atoms with Gasteiger partial charge in [-0.05, 0) is 19.9 Å². The van der Waals surface area contributed by atoms with Gasteiger partial charge in [0.25, 0.3) is 0 Å². The molecule has 0 spiro atoms. The van der Waals surface area contributed by atoms with Crippen molar-refractivity contribution >= 4 is 11.4 Å². The van der Waals surface area contributed by atoms with E-state index < -0.39 is 4.92 Å². The van der Waals surface area contributed by atoms with Crippen LogP contribution >= 0.6 is 0 Å². The van der Waals surface area contributed by atoms with Gasteiger partial charge in [0.15, 0.2) is 5.75 Å². The number of nitro groups is 1. The fraction of sp³-hybridized carbons (Fsp3) is 0.538. The lowest BCUT2D eigenvalue weighted by Gasteiger charge is -2.39. The van der Waals surface area contributed by atoms with Gasteiger partial charge in [0.2, 0.25) is 0 Å². The zero-order valence-electron chi connectivity index (χ0n) is 11.4. The first-order valence-corrected chi connectivity index (χ1v) is 6.35. The molecule has 104 valence electrons. The Hall–Kier alpha value is -1.82. The fourth-order valence-corrected chi connectivity index (χ4v) is 2.38. The third-order valence-electron chi connectivity index (χ3n) is 3.46. The lowest BCUT2D eigenvalue weighted by Crippen LogP contribution is -2.54. The van der Waals surface area contributed by atoms with E-state index in [1.54, 1.807) is 12.1 Å². The number of methoxy groups -OCH3 is 1. The second-order valence-corrected chi connectivity index (χ2v) is 4.92. The molecule has 19 heavy (non-hydrogen) atoms. The molecule has 1 saturated heterocycles. The van der Waals surface area contributed by atoms with E-state index in [9.17, 15) is 10.1 Å². The van der Waals surface area contributed by atoms with E-state index >= 15 is 0 Å². The molecule has 1 aromatic rings. The summed E-state index contributed by atoms with van der Waals surface area (Å²) < 4.78 is 5.12. The zero-order valence-corrected chi connectivity index (χ0v) is 11.4. The minimum atomic E-state index is -0.424. The van der Waals surface area contributed by atoms with Gasteiger partial charge in [-0.15, -0.1) is 0 Å². The molecule has 1 aliphatic rings. The predicted octanol–water partition coefficient (Wildman–Crippen LogP) is 1.79. The molecule has 0 amide bonds. The van der Waals surface area contributed by atoms with E-state index in [0.717, 1.165) is 18.8 Å². The van der Waals surface area contributed by atoms with E-state index in [0.29, 0.717) is 17.8 Å². The molecule has 6 heteroatoms. The van der Waals surface area contributed by atoms with E-state index in [1.165, 1.54) is 13.2 Å². The van der Waals surface area contributed by atoms with Crippen LogP contribution in [-0.2, 0) is 0 Å². The number of nitrogens with zero attached hydrogens (tertiary/aromatic N) is 2. The highest BCUT2D eigenvalue weighted by atomic mass is 16.6. The van der Waals surface area contributed by atoms with Gasteiger partial charge >= 0.3 is 5.69 Å². The number of nitrogens with one attached hydrogen (secondary N) is 1. The molecular weight excluding hydrogens is 246 g/mol. The maximum atomic E-state index is 10.9. The summed E-state index contributed by atoms with van der Waals surface area (Å²) in [6.45, 7) is 6.04. The van der Waals surface area contributed by atoms with Gasteiger partial charge in [-0.1, -0.05) is 0 Å². The highest BCUT2D eigenvalue weighted by Crippen LogP contribution is 2.32. The first kappa shape index (κ1) is 13.6. The summed E-state index contributed by atoms with van der Waals surface area (Å²) in [6.07, 6.45) is 0. The quantitative estimate of drug-likeness (QED) is 0.666. The van der Waals surface area contributed by atoms with E-state index in [1.807, 2.05) is 0 Å². The van der Waals surface area contributed by atoms with Crippen LogP contribution in [0.1, 0.15) is 13.8 Å². The van der Waals surface area contributed by atoms with Gasteiger partial charge in [-0.25, -0.2) is 0 Å². The number of hydrogen-bond acceptors (Lipinski definition) is 5. The van der Waals surface area contributed by atoms with Gasteiger partial charge in [0.1, 0.15) is 0 Å². The van der Waals surface area contributed by atoms with Crippen molar-refractivity contribution in [3.63, 3.8) is 0 Å². The third kappa shape index (κ3) is 2.78. The Morgan fingerprint density at radius 1 is 1.47 bits per heavy atom. The van der Waals surface area contributed by atoms with Gasteiger partial charge in [0.05, 0.1) is 12.0 Å². The average molecular weight is 265 g/mol. The van der Waals surface area contributed by atoms with Crippen LogP contribution in [0.25, 0.3) is 0 Å². The summed E-state index contributed by atoms with van der Waals surface area (Å²) in [7, 11) is 1.45. The van der Waals surface area contributed by atoms with E-state index in [-0.39, 0.29) is 5.69 Å². The smallest absolute Gasteiger partial charge is 0.311 e. The van der Waals surface area contributed by atoms with Crippen molar-refractivity contribution in [2.45, 2.75) is 25.9 Å². The minimum absolute atomic E-state index is 0.00193. The molecule has 0 aliphatic carbocycles. The minimum Gasteiger partial charge on any atom is -0.490 e. The monoisotopic (exact) mass is 265 g/mol. The normalized spacial score (nSPS) is 23.2. The molecule has 1 fully saturated rings. The fourth-order valence-electron chi connectivity index (χ4n) is 2.38. The summed E-state index contributed by atoms with van der Waals surface area (Å²) in [5, 5.41) is 14.3. The Kier molecular flexibility index (Phi) is 3.90. The van der Waals surface area contributed by atoms with E-state index in [2.05, 4.69) is 24.1 Å². The van der Waals surface area contributed by atoms with Crippen molar-refractivity contribution in [1.82, 2.24) is 5.32 Å². The second-order valence-electron chi connectivity index (χ2n) is 4.92. The van der Waals surface area contributed by atoms with Crippen LogP contribution in [-0.4, -0.2) is 37.2 Å². The molecule has 1 heterocycles. The number of rotatable bonds is 3. The molecule has 0 aromatic heterocycles. The van der Waals surface area contributed by atoms with Crippen molar-refractivity contribution in [3.05, 3.63) is 28.3 Å². The van der Waals surface area contributed by atoms with Crippen molar-refractivity contribution < 1.29 is 9.66 Å². The first-order valence-electron chi connectivity index (χ1n) is 6.35. The highest BCUT2D eigenvalue weighted by Gasteiger charge is 2.24. The summed E-state index contributed by atoms with van der Waals surface area (Å²) in [4.78, 5) is 12.7.